The fourth-order valence-corrected chi connectivity index (χ4v) is 2.00. The minimum atomic E-state index is -0.914. The molecule has 1 heterocycles. The van der Waals surface area contributed by atoms with E-state index in [1.54, 1.807) is 24.3 Å². The van der Waals surface area contributed by atoms with E-state index in [2.05, 4.69) is 0 Å². The highest BCUT2D eigenvalue weighted by Gasteiger charge is 2.17. The molecular weight excluding hydrogens is 316 g/mol. The number of carboxylic acids is 1. The first-order valence-electron chi connectivity index (χ1n) is 7.49. The van der Waals surface area contributed by atoms with Crippen molar-refractivity contribution in [3.63, 3.8) is 0 Å². The number of carbonyl (C=O) groups is 1. The van der Waals surface area contributed by atoms with Gasteiger partial charge in [0.1, 0.15) is 0 Å². The summed E-state index contributed by atoms with van der Waals surface area (Å²) in [6.07, 6.45) is 4.00. The minimum absolute atomic E-state index is 0.0261. The Morgan fingerprint density at radius 3 is 2.88 bits per heavy atom. The molecule has 0 radical (unpaired) electrons. The van der Waals surface area contributed by atoms with Crippen molar-refractivity contribution in [2.75, 3.05) is 6.61 Å². The molecule has 24 heavy (non-hydrogen) atoms. The van der Waals surface area contributed by atoms with Crippen LogP contribution < -0.4 is 15.1 Å². The molecule has 0 aliphatic heterocycles. The van der Waals surface area contributed by atoms with Gasteiger partial charge in [0.05, 0.1) is 18.3 Å². The van der Waals surface area contributed by atoms with E-state index < -0.39 is 11.6 Å². The predicted octanol–water partition coefficient (Wildman–Crippen LogP) is 3.04. The molecule has 0 atom stereocenters. The lowest BCUT2D eigenvalue weighted by Crippen LogP contribution is -2.06. The smallest absolute Gasteiger partial charge is 0.383 e. The van der Waals surface area contributed by atoms with Gasteiger partial charge in [0.15, 0.2) is 17.1 Å². The van der Waals surface area contributed by atoms with Crippen LogP contribution in [0.4, 0.5) is 0 Å². The molecule has 1 aromatic carbocycles. The van der Waals surface area contributed by atoms with Crippen LogP contribution in [0.2, 0.25) is 0 Å². The number of hydrogen-bond donors (Lipinski definition) is 2. The summed E-state index contributed by atoms with van der Waals surface area (Å²) >= 11 is 0. The second-order valence-electron chi connectivity index (χ2n) is 4.94. The third-order valence-electron chi connectivity index (χ3n) is 3.14. The zero-order valence-corrected chi connectivity index (χ0v) is 13.2. The van der Waals surface area contributed by atoms with Gasteiger partial charge in [-0.3, -0.25) is 4.79 Å². The van der Waals surface area contributed by atoms with Crippen LogP contribution in [0.3, 0.4) is 0 Å². The maximum Gasteiger partial charge on any atom is 0.383 e. The van der Waals surface area contributed by atoms with Crippen LogP contribution in [-0.4, -0.2) is 22.8 Å². The summed E-state index contributed by atoms with van der Waals surface area (Å²) in [4.78, 5) is 22.5. The summed E-state index contributed by atoms with van der Waals surface area (Å²) in [7, 11) is 0. The van der Waals surface area contributed by atoms with E-state index in [1.165, 1.54) is 6.26 Å². The molecule has 7 nitrogen and oxygen atoms in total. The monoisotopic (exact) mass is 334 g/mol. The van der Waals surface area contributed by atoms with Gasteiger partial charge in [0, 0.05) is 6.42 Å². The van der Waals surface area contributed by atoms with Gasteiger partial charge >= 0.3 is 11.6 Å². The van der Waals surface area contributed by atoms with Crippen LogP contribution in [0.5, 0.6) is 17.2 Å². The highest BCUT2D eigenvalue weighted by Crippen LogP contribution is 2.35. The number of hydrogen-bond acceptors (Lipinski definition) is 6. The van der Waals surface area contributed by atoms with E-state index in [9.17, 15) is 14.7 Å². The molecule has 128 valence electrons. The molecule has 1 aromatic heterocycles. The van der Waals surface area contributed by atoms with E-state index in [0.717, 1.165) is 0 Å². The summed E-state index contributed by atoms with van der Waals surface area (Å²) in [6, 6.07) is 4.76. The number of ether oxygens (including phenoxy) is 2. The van der Waals surface area contributed by atoms with E-state index in [-0.39, 0.29) is 41.2 Å². The van der Waals surface area contributed by atoms with Gasteiger partial charge in [-0.2, -0.15) is 0 Å². The quantitative estimate of drug-likeness (QED) is 0.434. The normalized spacial score (nSPS) is 11.0. The van der Waals surface area contributed by atoms with E-state index >= 15 is 0 Å². The lowest BCUT2D eigenvalue weighted by atomic mass is 10.2. The summed E-state index contributed by atoms with van der Waals surface area (Å²) in [6.45, 7) is 2.05. The van der Waals surface area contributed by atoms with Crippen molar-refractivity contribution in [3.8, 4) is 17.2 Å². The fourth-order valence-electron chi connectivity index (χ4n) is 2.00. The minimum Gasteiger partial charge on any atom is -0.504 e. The Morgan fingerprint density at radius 1 is 1.38 bits per heavy atom. The van der Waals surface area contributed by atoms with Gasteiger partial charge in [0.2, 0.25) is 0 Å². The molecule has 0 bridgehead atoms. The van der Waals surface area contributed by atoms with Gasteiger partial charge in [-0.05, 0) is 31.1 Å². The molecule has 0 spiro atoms. The fraction of sp³-hybridized carbons (Fsp3) is 0.294. The molecule has 0 saturated heterocycles. The Balaban J connectivity index is 2.31. The standard InChI is InChI=1S/C17H18O7/c1-2-3-9-23-16-14(20)11-6-4-7-12(15(11)24-17(16)21)22-10-5-8-13(18)19/h3-4,6-7,9,20H,2,5,8,10H2,1H3,(H,18,19)/b9-3+. The van der Waals surface area contributed by atoms with Crippen molar-refractivity contribution in [3.05, 3.63) is 41.0 Å². The van der Waals surface area contributed by atoms with Crippen LogP contribution in [-0.2, 0) is 4.79 Å². The molecule has 7 heteroatoms. The molecule has 0 unspecified atom stereocenters. The first-order valence-corrected chi connectivity index (χ1v) is 7.49. The molecule has 0 aliphatic carbocycles. The van der Waals surface area contributed by atoms with Crippen molar-refractivity contribution in [2.45, 2.75) is 26.2 Å². The summed E-state index contributed by atoms with van der Waals surface area (Å²) in [5.74, 6) is -1.29. The van der Waals surface area contributed by atoms with Gasteiger partial charge < -0.3 is 24.1 Å². The average Bonchev–Trinajstić information content (AvgIpc) is 2.55. The average molecular weight is 334 g/mol. The van der Waals surface area contributed by atoms with E-state index in [0.29, 0.717) is 12.8 Å². The largest absolute Gasteiger partial charge is 0.504 e. The number of aromatic hydroxyl groups is 1. The number of benzene rings is 1. The number of carboxylic acid groups (broad SMARTS) is 1. The second kappa shape index (κ2) is 8.05. The number of para-hydroxylation sites is 1. The Hall–Kier alpha value is -2.96. The van der Waals surface area contributed by atoms with Crippen molar-refractivity contribution in [1.82, 2.24) is 0 Å². The van der Waals surface area contributed by atoms with E-state index in [4.69, 9.17) is 19.0 Å². The molecule has 2 N–H and O–H groups in total. The zero-order chi connectivity index (χ0) is 17.5. The third kappa shape index (κ3) is 4.07. The van der Waals surface area contributed by atoms with Gasteiger partial charge in [-0.15, -0.1) is 0 Å². The molecule has 2 rings (SSSR count). The Kier molecular flexibility index (Phi) is 5.83. The Morgan fingerprint density at radius 2 is 2.17 bits per heavy atom. The highest BCUT2D eigenvalue weighted by molar-refractivity contribution is 5.89. The summed E-state index contributed by atoms with van der Waals surface area (Å²) < 4.78 is 15.8. The van der Waals surface area contributed by atoms with Crippen LogP contribution in [0.1, 0.15) is 26.2 Å². The van der Waals surface area contributed by atoms with Crippen molar-refractivity contribution >= 4 is 16.9 Å². The number of rotatable bonds is 8. The van der Waals surface area contributed by atoms with Crippen LogP contribution >= 0.6 is 0 Å². The first-order chi connectivity index (χ1) is 11.5. The topological polar surface area (TPSA) is 106 Å². The maximum absolute atomic E-state index is 12.0. The van der Waals surface area contributed by atoms with Gasteiger partial charge in [0.25, 0.3) is 5.75 Å². The van der Waals surface area contributed by atoms with Crippen molar-refractivity contribution < 1.29 is 28.9 Å². The molecule has 0 amide bonds. The molecule has 0 saturated carbocycles. The lowest BCUT2D eigenvalue weighted by molar-refractivity contribution is -0.137. The SMILES string of the molecule is CC/C=C/Oc1c(O)c2cccc(OCCCC(=O)O)c2oc1=O. The van der Waals surface area contributed by atoms with Gasteiger partial charge in [-0.25, -0.2) is 4.79 Å². The molecule has 2 aromatic rings. The number of aliphatic carboxylic acids is 1. The zero-order valence-electron chi connectivity index (χ0n) is 13.2. The number of fused-ring (bicyclic) bond motifs is 1. The molecule has 0 fully saturated rings. The number of allylic oxidation sites excluding steroid dienone is 1. The lowest BCUT2D eigenvalue weighted by Gasteiger charge is -2.10. The van der Waals surface area contributed by atoms with Crippen LogP contribution in [0, 0.1) is 0 Å². The van der Waals surface area contributed by atoms with Crippen molar-refractivity contribution in [1.29, 1.82) is 0 Å². The third-order valence-corrected chi connectivity index (χ3v) is 3.14. The first kappa shape index (κ1) is 17.4. The Labute approximate surface area is 137 Å². The van der Waals surface area contributed by atoms with E-state index in [1.807, 2.05) is 6.92 Å². The molecule has 0 aliphatic rings. The summed E-state index contributed by atoms with van der Waals surface area (Å²) in [5.41, 5.74) is -0.746. The maximum atomic E-state index is 12.0. The highest BCUT2D eigenvalue weighted by atomic mass is 16.5. The molecular formula is C17H18O7. The Bertz CT molecular complexity index is 804. The van der Waals surface area contributed by atoms with Crippen LogP contribution in [0.15, 0.2) is 39.7 Å². The van der Waals surface area contributed by atoms with Gasteiger partial charge in [-0.1, -0.05) is 13.0 Å². The summed E-state index contributed by atoms with van der Waals surface area (Å²) in [5, 5.41) is 19.1. The van der Waals surface area contributed by atoms with Crippen molar-refractivity contribution in [2.24, 2.45) is 0 Å². The van der Waals surface area contributed by atoms with Crippen LogP contribution in [0.25, 0.3) is 11.0 Å². The predicted molar refractivity (Wildman–Crippen MR) is 86.6 cm³/mol. The second-order valence-corrected chi connectivity index (χ2v) is 4.94.